The van der Waals surface area contributed by atoms with Gasteiger partial charge < -0.3 is 20.7 Å². The molecule has 29 heavy (non-hydrogen) atoms. The first kappa shape index (κ1) is 20.4. The summed E-state index contributed by atoms with van der Waals surface area (Å²) < 4.78 is 0. The van der Waals surface area contributed by atoms with Gasteiger partial charge in [0.05, 0.1) is 5.69 Å². The molecule has 4 N–H and O–H groups in total. The van der Waals surface area contributed by atoms with Crippen LogP contribution in [0.4, 0.5) is 5.95 Å². The molecule has 0 fully saturated rings. The van der Waals surface area contributed by atoms with Crippen molar-refractivity contribution in [2.24, 2.45) is 5.92 Å². The molecule has 0 aliphatic heterocycles. The van der Waals surface area contributed by atoms with Gasteiger partial charge in [0.1, 0.15) is 11.4 Å². The predicted octanol–water partition coefficient (Wildman–Crippen LogP) is 3.53. The second-order valence-corrected chi connectivity index (χ2v) is 7.44. The number of carbonyl (C=O) groups excluding carboxylic acids is 1. The Hall–Kier alpha value is -3.35. The number of phenols is 1. The van der Waals surface area contributed by atoms with Crippen molar-refractivity contribution in [2.75, 3.05) is 18.4 Å². The average Bonchev–Trinajstić information content (AvgIpc) is 3.19. The number of aromatic amines is 1. The number of nitrogens with one attached hydrogen (secondary N) is 3. The fourth-order valence-electron chi connectivity index (χ4n) is 2.91. The van der Waals surface area contributed by atoms with E-state index < -0.39 is 0 Å². The standard InChI is InChI=1S/C22H27N5O2/c1-14(2)11-25-22-26-12-15(3)20(27-22)17-10-18(24-13-17)21(29)23-9-8-16-6-4-5-7-19(16)28/h4-7,10,12-14,24,28H,8-9,11H2,1-3H3,(H,23,29)(H,25,26,27). The number of anilines is 1. The lowest BCUT2D eigenvalue weighted by Gasteiger charge is -2.09. The van der Waals surface area contributed by atoms with E-state index in [2.05, 4.69) is 39.4 Å². The average molecular weight is 393 g/mol. The second-order valence-electron chi connectivity index (χ2n) is 7.44. The van der Waals surface area contributed by atoms with Gasteiger partial charge >= 0.3 is 0 Å². The van der Waals surface area contributed by atoms with Crippen molar-refractivity contribution in [3.05, 3.63) is 59.5 Å². The SMILES string of the molecule is Cc1cnc(NCC(C)C)nc1-c1c[nH]c(C(=O)NCCc2ccccc2O)c1. The van der Waals surface area contributed by atoms with Crippen molar-refractivity contribution in [1.29, 1.82) is 0 Å². The summed E-state index contributed by atoms with van der Waals surface area (Å²) in [6.45, 7) is 7.41. The summed E-state index contributed by atoms with van der Waals surface area (Å²) in [5.74, 6) is 1.11. The van der Waals surface area contributed by atoms with Crippen LogP contribution in [0, 0.1) is 12.8 Å². The van der Waals surface area contributed by atoms with E-state index in [0.29, 0.717) is 30.5 Å². The zero-order valence-corrected chi connectivity index (χ0v) is 17.0. The molecule has 0 saturated carbocycles. The minimum absolute atomic E-state index is 0.198. The van der Waals surface area contributed by atoms with Crippen molar-refractivity contribution in [2.45, 2.75) is 27.2 Å². The molecule has 7 heteroatoms. The van der Waals surface area contributed by atoms with E-state index >= 15 is 0 Å². The second kappa shape index (κ2) is 9.23. The van der Waals surface area contributed by atoms with Gasteiger partial charge in [-0.25, -0.2) is 9.97 Å². The quantitative estimate of drug-likeness (QED) is 0.469. The number of phenolic OH excluding ortho intramolecular Hbond substituents is 1. The van der Waals surface area contributed by atoms with Crippen LogP contribution in [0.2, 0.25) is 0 Å². The summed E-state index contributed by atoms with van der Waals surface area (Å²) in [4.78, 5) is 24.4. The maximum atomic E-state index is 12.4. The molecule has 0 aliphatic carbocycles. The van der Waals surface area contributed by atoms with Crippen LogP contribution in [0.15, 0.2) is 42.7 Å². The molecule has 0 bridgehead atoms. The number of nitrogens with zero attached hydrogens (tertiary/aromatic N) is 2. The smallest absolute Gasteiger partial charge is 0.267 e. The first-order valence-corrected chi connectivity index (χ1v) is 9.75. The molecule has 3 rings (SSSR count). The van der Waals surface area contributed by atoms with Crippen molar-refractivity contribution in [3.63, 3.8) is 0 Å². The van der Waals surface area contributed by atoms with Gasteiger partial charge in [-0.1, -0.05) is 32.0 Å². The lowest BCUT2D eigenvalue weighted by molar-refractivity contribution is 0.0949. The Balaban J connectivity index is 1.64. The number of hydrogen-bond acceptors (Lipinski definition) is 5. The topological polar surface area (TPSA) is 103 Å². The maximum absolute atomic E-state index is 12.4. The van der Waals surface area contributed by atoms with E-state index in [4.69, 9.17) is 0 Å². The van der Waals surface area contributed by atoms with Gasteiger partial charge in [-0.05, 0) is 42.5 Å². The lowest BCUT2D eigenvalue weighted by Crippen LogP contribution is -2.25. The van der Waals surface area contributed by atoms with Crippen LogP contribution in [-0.2, 0) is 6.42 Å². The highest BCUT2D eigenvalue weighted by molar-refractivity contribution is 5.93. The number of aryl methyl sites for hydroxylation is 1. The molecular formula is C22H27N5O2. The number of aromatic nitrogens is 3. The Morgan fingerprint density at radius 3 is 2.83 bits per heavy atom. The number of para-hydroxylation sites is 1. The number of aromatic hydroxyl groups is 1. The molecule has 2 aromatic heterocycles. The van der Waals surface area contributed by atoms with Gasteiger partial charge in [-0.3, -0.25) is 4.79 Å². The van der Waals surface area contributed by atoms with Crippen molar-refractivity contribution in [3.8, 4) is 17.0 Å². The van der Waals surface area contributed by atoms with Crippen LogP contribution in [0.25, 0.3) is 11.3 Å². The third kappa shape index (κ3) is 5.34. The Kier molecular flexibility index (Phi) is 6.49. The van der Waals surface area contributed by atoms with E-state index in [-0.39, 0.29) is 11.7 Å². The number of H-pyrrole nitrogens is 1. The number of hydrogen-bond donors (Lipinski definition) is 4. The minimum atomic E-state index is -0.198. The largest absolute Gasteiger partial charge is 0.508 e. The molecular weight excluding hydrogens is 366 g/mol. The highest BCUT2D eigenvalue weighted by atomic mass is 16.3. The third-order valence-corrected chi connectivity index (χ3v) is 4.51. The molecule has 1 aromatic carbocycles. The highest BCUT2D eigenvalue weighted by Gasteiger charge is 2.13. The molecule has 1 amide bonds. The zero-order chi connectivity index (χ0) is 20.8. The number of amides is 1. The van der Waals surface area contributed by atoms with Crippen molar-refractivity contribution >= 4 is 11.9 Å². The highest BCUT2D eigenvalue weighted by Crippen LogP contribution is 2.23. The van der Waals surface area contributed by atoms with Crippen LogP contribution < -0.4 is 10.6 Å². The van der Waals surface area contributed by atoms with E-state index in [0.717, 1.165) is 28.9 Å². The van der Waals surface area contributed by atoms with Crippen LogP contribution in [0.5, 0.6) is 5.75 Å². The summed E-state index contributed by atoms with van der Waals surface area (Å²) in [5, 5.41) is 15.9. The summed E-state index contributed by atoms with van der Waals surface area (Å²) >= 11 is 0. The van der Waals surface area contributed by atoms with Gasteiger partial charge in [0.15, 0.2) is 0 Å². The normalized spacial score (nSPS) is 10.9. The van der Waals surface area contributed by atoms with Gasteiger partial charge in [-0.2, -0.15) is 0 Å². The first-order chi connectivity index (χ1) is 13.9. The van der Waals surface area contributed by atoms with E-state index in [1.54, 1.807) is 30.6 Å². The van der Waals surface area contributed by atoms with Gasteiger partial charge in [0.25, 0.3) is 5.91 Å². The number of rotatable bonds is 8. The summed E-state index contributed by atoms with van der Waals surface area (Å²) in [6, 6.07) is 8.91. The Bertz CT molecular complexity index is 981. The summed E-state index contributed by atoms with van der Waals surface area (Å²) in [7, 11) is 0. The lowest BCUT2D eigenvalue weighted by atomic mass is 10.1. The third-order valence-electron chi connectivity index (χ3n) is 4.51. The summed E-state index contributed by atoms with van der Waals surface area (Å²) in [5.41, 5.74) is 3.83. The molecule has 0 saturated heterocycles. The molecule has 3 aromatic rings. The van der Waals surface area contributed by atoms with Gasteiger partial charge in [0, 0.05) is 31.0 Å². The van der Waals surface area contributed by atoms with E-state index in [1.807, 2.05) is 19.1 Å². The Morgan fingerprint density at radius 1 is 1.28 bits per heavy atom. The zero-order valence-electron chi connectivity index (χ0n) is 17.0. The molecule has 7 nitrogen and oxygen atoms in total. The fraction of sp³-hybridized carbons (Fsp3) is 0.318. The minimum Gasteiger partial charge on any atom is -0.508 e. The Morgan fingerprint density at radius 2 is 2.07 bits per heavy atom. The van der Waals surface area contributed by atoms with E-state index in [1.165, 1.54) is 0 Å². The van der Waals surface area contributed by atoms with Crippen LogP contribution >= 0.6 is 0 Å². The van der Waals surface area contributed by atoms with Crippen LogP contribution in [0.1, 0.15) is 35.5 Å². The molecule has 152 valence electrons. The van der Waals surface area contributed by atoms with Crippen LogP contribution in [0.3, 0.4) is 0 Å². The Labute approximate surface area is 170 Å². The van der Waals surface area contributed by atoms with Crippen molar-refractivity contribution in [1.82, 2.24) is 20.3 Å². The fourth-order valence-corrected chi connectivity index (χ4v) is 2.91. The van der Waals surface area contributed by atoms with Crippen molar-refractivity contribution < 1.29 is 9.90 Å². The molecule has 0 unspecified atom stereocenters. The number of benzene rings is 1. The van der Waals surface area contributed by atoms with Gasteiger partial charge in [-0.15, -0.1) is 0 Å². The molecule has 2 heterocycles. The monoisotopic (exact) mass is 393 g/mol. The molecule has 0 radical (unpaired) electrons. The molecule has 0 aliphatic rings. The molecule has 0 atom stereocenters. The summed E-state index contributed by atoms with van der Waals surface area (Å²) in [6.07, 6.45) is 4.12. The van der Waals surface area contributed by atoms with Gasteiger partial charge in [0.2, 0.25) is 5.95 Å². The number of carbonyl (C=O) groups is 1. The predicted molar refractivity (Wildman–Crippen MR) is 114 cm³/mol. The maximum Gasteiger partial charge on any atom is 0.267 e. The molecule has 0 spiro atoms. The first-order valence-electron chi connectivity index (χ1n) is 9.75. The van der Waals surface area contributed by atoms with E-state index in [9.17, 15) is 9.90 Å². The van der Waals surface area contributed by atoms with Crippen LogP contribution in [-0.4, -0.2) is 39.1 Å².